The normalized spacial score (nSPS) is 16.8. The second-order valence-corrected chi connectivity index (χ2v) is 8.84. The number of amides is 1. The minimum atomic E-state index is -0.00576. The van der Waals surface area contributed by atoms with Crippen LogP contribution in [0, 0.1) is 0 Å². The second kappa shape index (κ2) is 10.5. The summed E-state index contributed by atoms with van der Waals surface area (Å²) in [5, 5.41) is 9.02. The average molecular weight is 458 g/mol. The minimum Gasteiger partial charge on any atom is -0.457 e. The molecule has 2 aliphatic heterocycles. The fraction of sp³-hybridized carbons (Fsp3) is 0.370. The van der Waals surface area contributed by atoms with Gasteiger partial charge in [0.25, 0.3) is 5.91 Å². The van der Waals surface area contributed by atoms with Crippen molar-refractivity contribution in [2.75, 3.05) is 49.1 Å². The van der Waals surface area contributed by atoms with E-state index in [1.165, 1.54) is 25.7 Å². The highest BCUT2D eigenvalue weighted by Crippen LogP contribution is 2.27. The van der Waals surface area contributed by atoms with Gasteiger partial charge in [0.1, 0.15) is 11.5 Å². The zero-order chi connectivity index (χ0) is 23.2. The van der Waals surface area contributed by atoms with Gasteiger partial charge in [-0.2, -0.15) is 0 Å². The molecule has 0 unspecified atom stereocenters. The Morgan fingerprint density at radius 2 is 1.24 bits per heavy atom. The van der Waals surface area contributed by atoms with E-state index in [2.05, 4.69) is 32.1 Å². The van der Waals surface area contributed by atoms with Crippen molar-refractivity contribution in [3.63, 3.8) is 0 Å². The summed E-state index contributed by atoms with van der Waals surface area (Å²) < 4.78 is 6.00. The van der Waals surface area contributed by atoms with E-state index in [1.54, 1.807) is 0 Å². The third-order valence-electron chi connectivity index (χ3n) is 6.55. The van der Waals surface area contributed by atoms with Crippen molar-refractivity contribution in [2.45, 2.75) is 25.7 Å². The molecule has 0 N–H and O–H groups in total. The molecule has 7 nitrogen and oxygen atoms in total. The molecular weight excluding hydrogens is 426 g/mol. The van der Waals surface area contributed by atoms with Gasteiger partial charge in [-0.25, -0.2) is 0 Å². The fourth-order valence-corrected chi connectivity index (χ4v) is 4.61. The molecule has 3 heterocycles. The Kier molecular flexibility index (Phi) is 6.89. The molecule has 34 heavy (non-hydrogen) atoms. The first-order chi connectivity index (χ1) is 16.8. The lowest BCUT2D eigenvalue weighted by molar-refractivity contribution is 0.0744. The lowest BCUT2D eigenvalue weighted by Gasteiger charge is -2.35. The van der Waals surface area contributed by atoms with Crippen molar-refractivity contribution < 1.29 is 9.53 Å². The van der Waals surface area contributed by atoms with Crippen LogP contribution in [0.25, 0.3) is 0 Å². The molecule has 3 aromatic rings. The lowest BCUT2D eigenvalue weighted by atomic mass is 10.1. The molecule has 2 aliphatic rings. The van der Waals surface area contributed by atoms with Crippen molar-refractivity contribution in [2.24, 2.45) is 0 Å². The zero-order valence-electron chi connectivity index (χ0n) is 19.5. The van der Waals surface area contributed by atoms with Crippen LogP contribution in [0.2, 0.25) is 0 Å². The van der Waals surface area contributed by atoms with Crippen LogP contribution >= 0.6 is 0 Å². The van der Waals surface area contributed by atoms with Crippen molar-refractivity contribution in [3.05, 3.63) is 72.3 Å². The largest absolute Gasteiger partial charge is 0.457 e. The van der Waals surface area contributed by atoms with Gasteiger partial charge in [0.2, 0.25) is 0 Å². The predicted octanol–water partition coefficient (Wildman–Crippen LogP) is 4.61. The van der Waals surface area contributed by atoms with Crippen molar-refractivity contribution in [1.29, 1.82) is 0 Å². The molecule has 0 saturated carbocycles. The molecule has 0 bridgehead atoms. The molecule has 2 saturated heterocycles. The SMILES string of the molecule is O=C(c1ccccc1Oc1ccccc1)N1CCN(c2ccc(N3CCCCCC3)nn2)CC1. The first kappa shape index (κ1) is 22.2. The number of aromatic nitrogens is 2. The third-order valence-corrected chi connectivity index (χ3v) is 6.55. The summed E-state index contributed by atoms with van der Waals surface area (Å²) in [5.74, 6) is 3.13. The molecule has 2 fully saturated rings. The van der Waals surface area contributed by atoms with E-state index in [0.29, 0.717) is 24.4 Å². The molecule has 7 heteroatoms. The Hall–Kier alpha value is -3.61. The van der Waals surface area contributed by atoms with Gasteiger partial charge < -0.3 is 19.4 Å². The number of hydrogen-bond acceptors (Lipinski definition) is 6. The molecule has 1 amide bonds. The van der Waals surface area contributed by atoms with Crippen molar-refractivity contribution in [1.82, 2.24) is 15.1 Å². The Morgan fingerprint density at radius 3 is 1.88 bits per heavy atom. The highest BCUT2D eigenvalue weighted by molar-refractivity contribution is 5.97. The predicted molar refractivity (Wildman–Crippen MR) is 134 cm³/mol. The van der Waals surface area contributed by atoms with E-state index in [0.717, 1.165) is 43.6 Å². The molecule has 0 spiro atoms. The molecule has 0 aliphatic carbocycles. The summed E-state index contributed by atoms with van der Waals surface area (Å²) >= 11 is 0. The maximum atomic E-state index is 13.3. The maximum Gasteiger partial charge on any atom is 0.257 e. The average Bonchev–Trinajstić information content (AvgIpc) is 3.19. The van der Waals surface area contributed by atoms with Crippen LogP contribution < -0.4 is 14.5 Å². The van der Waals surface area contributed by atoms with E-state index in [9.17, 15) is 4.79 Å². The minimum absolute atomic E-state index is 0.00576. The third kappa shape index (κ3) is 5.14. The number of hydrogen-bond donors (Lipinski definition) is 0. The van der Waals surface area contributed by atoms with Crippen LogP contribution in [0.4, 0.5) is 11.6 Å². The number of rotatable bonds is 5. The molecule has 176 valence electrons. The van der Waals surface area contributed by atoms with E-state index in [-0.39, 0.29) is 5.91 Å². The van der Waals surface area contributed by atoms with Crippen LogP contribution in [0.1, 0.15) is 36.0 Å². The summed E-state index contributed by atoms with van der Waals surface area (Å²) in [6.07, 6.45) is 5.04. The monoisotopic (exact) mass is 457 g/mol. The van der Waals surface area contributed by atoms with Crippen LogP contribution in [0.5, 0.6) is 11.5 Å². The highest BCUT2D eigenvalue weighted by atomic mass is 16.5. The number of piperazine rings is 1. The smallest absolute Gasteiger partial charge is 0.257 e. The highest BCUT2D eigenvalue weighted by Gasteiger charge is 2.25. The Morgan fingerprint density at radius 1 is 0.647 bits per heavy atom. The van der Waals surface area contributed by atoms with E-state index in [4.69, 9.17) is 4.74 Å². The standard InChI is InChI=1S/C27H31N5O2/c33-27(23-12-6-7-13-24(23)34-22-10-4-3-5-11-22)32-20-18-31(19-21-32)26-15-14-25(28-29-26)30-16-8-1-2-9-17-30/h3-7,10-15H,1-2,8-9,16-21H2. The first-order valence-electron chi connectivity index (χ1n) is 12.2. The van der Waals surface area contributed by atoms with E-state index < -0.39 is 0 Å². The molecule has 1 aromatic heterocycles. The molecule has 0 radical (unpaired) electrons. The quantitative estimate of drug-likeness (QED) is 0.558. The summed E-state index contributed by atoms with van der Waals surface area (Å²) in [5.41, 5.74) is 0.585. The molecule has 0 atom stereocenters. The summed E-state index contributed by atoms with van der Waals surface area (Å²) in [4.78, 5) is 19.7. The van der Waals surface area contributed by atoms with Crippen LogP contribution in [-0.4, -0.2) is 60.3 Å². The Balaban J connectivity index is 1.21. The van der Waals surface area contributed by atoms with Crippen LogP contribution in [-0.2, 0) is 0 Å². The topological polar surface area (TPSA) is 61.8 Å². The van der Waals surface area contributed by atoms with E-state index >= 15 is 0 Å². The van der Waals surface area contributed by atoms with Gasteiger partial charge in [0.05, 0.1) is 5.56 Å². The first-order valence-corrected chi connectivity index (χ1v) is 12.2. The van der Waals surface area contributed by atoms with Gasteiger partial charge in [-0.15, -0.1) is 10.2 Å². The maximum absolute atomic E-state index is 13.3. The lowest BCUT2D eigenvalue weighted by Crippen LogP contribution is -2.49. The van der Waals surface area contributed by atoms with Crippen molar-refractivity contribution in [3.8, 4) is 11.5 Å². The van der Waals surface area contributed by atoms with Crippen molar-refractivity contribution >= 4 is 17.5 Å². The van der Waals surface area contributed by atoms with Gasteiger partial charge in [-0.05, 0) is 49.2 Å². The molecule has 2 aromatic carbocycles. The number of carbonyl (C=O) groups is 1. The second-order valence-electron chi connectivity index (χ2n) is 8.84. The zero-order valence-corrected chi connectivity index (χ0v) is 19.5. The van der Waals surface area contributed by atoms with E-state index in [1.807, 2.05) is 59.5 Å². The number of anilines is 2. The summed E-state index contributed by atoms with van der Waals surface area (Å²) in [6, 6.07) is 21.1. The van der Waals surface area contributed by atoms with Crippen LogP contribution in [0.15, 0.2) is 66.7 Å². The van der Waals surface area contributed by atoms with Gasteiger partial charge in [-0.3, -0.25) is 4.79 Å². The van der Waals surface area contributed by atoms with Crippen LogP contribution in [0.3, 0.4) is 0 Å². The number of ether oxygens (including phenoxy) is 1. The molecule has 5 rings (SSSR count). The summed E-state index contributed by atoms with van der Waals surface area (Å²) in [6.45, 7) is 4.84. The number of para-hydroxylation sites is 2. The van der Waals surface area contributed by atoms with Gasteiger partial charge in [0, 0.05) is 39.3 Å². The Bertz CT molecular complexity index is 1070. The Labute approximate surface area is 201 Å². The fourth-order valence-electron chi connectivity index (χ4n) is 4.61. The number of benzene rings is 2. The number of carbonyl (C=O) groups excluding carboxylic acids is 1. The molecular formula is C27H31N5O2. The number of nitrogens with zero attached hydrogens (tertiary/aromatic N) is 5. The van der Waals surface area contributed by atoms with Gasteiger partial charge in [-0.1, -0.05) is 43.2 Å². The van der Waals surface area contributed by atoms with Gasteiger partial charge >= 0.3 is 0 Å². The van der Waals surface area contributed by atoms with Gasteiger partial charge in [0.15, 0.2) is 11.6 Å². The summed E-state index contributed by atoms with van der Waals surface area (Å²) in [7, 11) is 0.